The van der Waals surface area contributed by atoms with Crippen molar-refractivity contribution in [1.29, 1.82) is 0 Å². The lowest BCUT2D eigenvalue weighted by Gasteiger charge is -2.37. The lowest BCUT2D eigenvalue weighted by molar-refractivity contribution is 0.0695. The minimum atomic E-state index is -3.23. The van der Waals surface area contributed by atoms with Gasteiger partial charge in [-0.1, -0.05) is 6.07 Å². The van der Waals surface area contributed by atoms with E-state index in [1.165, 1.54) is 0 Å². The van der Waals surface area contributed by atoms with Crippen molar-refractivity contribution in [3.8, 4) is 0 Å². The van der Waals surface area contributed by atoms with E-state index in [2.05, 4.69) is 0 Å². The second-order valence-electron chi connectivity index (χ2n) is 5.62. The Bertz CT molecular complexity index is 685. The molecule has 1 aromatic rings. The molecule has 0 aliphatic carbocycles. The number of carboxylic acids is 1. The van der Waals surface area contributed by atoms with Crippen molar-refractivity contribution >= 4 is 21.5 Å². The standard InChI is InChI=1S/C14H17NO5S/c16-13-8-21(19,20)7-12(13)15-6-2-4-9-10(14(17)18)3-1-5-11(9)15/h1,3,5,12-13,16H,2,4,6-8H2,(H,17,18). The van der Waals surface area contributed by atoms with Crippen LogP contribution in [0.15, 0.2) is 18.2 Å². The number of benzene rings is 1. The van der Waals surface area contributed by atoms with Crippen LogP contribution in [-0.4, -0.2) is 54.8 Å². The van der Waals surface area contributed by atoms with Gasteiger partial charge in [-0.15, -0.1) is 0 Å². The normalized spacial score (nSPS) is 27.4. The second-order valence-corrected chi connectivity index (χ2v) is 7.77. The number of aliphatic hydroxyl groups excluding tert-OH is 1. The maximum Gasteiger partial charge on any atom is 0.336 e. The van der Waals surface area contributed by atoms with E-state index in [0.29, 0.717) is 13.0 Å². The zero-order chi connectivity index (χ0) is 15.2. The van der Waals surface area contributed by atoms with Crippen molar-refractivity contribution < 1.29 is 23.4 Å². The Hall–Kier alpha value is -1.60. The highest BCUT2D eigenvalue weighted by Gasteiger charge is 2.41. The Kier molecular flexibility index (Phi) is 3.41. The van der Waals surface area contributed by atoms with Crippen LogP contribution >= 0.6 is 0 Å². The van der Waals surface area contributed by atoms with Crippen LogP contribution in [0.1, 0.15) is 22.3 Å². The molecule has 2 atom stereocenters. The summed E-state index contributed by atoms with van der Waals surface area (Å²) in [6, 6.07) is 4.54. The smallest absolute Gasteiger partial charge is 0.336 e. The number of carboxylic acid groups (broad SMARTS) is 1. The van der Waals surface area contributed by atoms with Gasteiger partial charge in [-0.05, 0) is 30.5 Å². The van der Waals surface area contributed by atoms with Gasteiger partial charge >= 0.3 is 5.97 Å². The highest BCUT2D eigenvalue weighted by atomic mass is 32.2. The van der Waals surface area contributed by atoms with Gasteiger partial charge in [0.05, 0.1) is 29.2 Å². The van der Waals surface area contributed by atoms with Gasteiger partial charge in [0.15, 0.2) is 9.84 Å². The van der Waals surface area contributed by atoms with E-state index in [0.717, 1.165) is 17.7 Å². The fourth-order valence-electron chi connectivity index (χ4n) is 3.31. The fourth-order valence-corrected chi connectivity index (χ4v) is 5.11. The van der Waals surface area contributed by atoms with E-state index in [1.54, 1.807) is 18.2 Å². The molecule has 0 saturated carbocycles. The van der Waals surface area contributed by atoms with Crippen LogP contribution in [0.3, 0.4) is 0 Å². The molecule has 6 nitrogen and oxygen atoms in total. The van der Waals surface area contributed by atoms with Crippen molar-refractivity contribution in [2.45, 2.75) is 25.0 Å². The molecule has 1 aromatic carbocycles. The van der Waals surface area contributed by atoms with Gasteiger partial charge < -0.3 is 15.1 Å². The fraction of sp³-hybridized carbons (Fsp3) is 0.500. The summed E-state index contributed by atoms with van der Waals surface area (Å²) in [6.45, 7) is 0.632. The Balaban J connectivity index is 2.02. The SMILES string of the molecule is O=C(O)c1cccc2c1CCCN2C1CS(=O)(=O)CC1O. The Labute approximate surface area is 122 Å². The van der Waals surface area contributed by atoms with E-state index < -0.39 is 28.0 Å². The number of rotatable bonds is 2. The molecule has 1 saturated heterocycles. The molecule has 2 N–H and O–H groups in total. The maximum absolute atomic E-state index is 11.7. The Morgan fingerprint density at radius 1 is 1.29 bits per heavy atom. The zero-order valence-electron chi connectivity index (χ0n) is 11.4. The Morgan fingerprint density at radius 2 is 2.05 bits per heavy atom. The molecule has 7 heteroatoms. The zero-order valence-corrected chi connectivity index (χ0v) is 12.2. The first-order valence-corrected chi connectivity index (χ1v) is 8.71. The number of aliphatic hydroxyl groups is 1. The number of hydrogen-bond donors (Lipinski definition) is 2. The molecular weight excluding hydrogens is 294 g/mol. The number of carbonyl (C=O) groups is 1. The number of aromatic carboxylic acids is 1. The van der Waals surface area contributed by atoms with Gasteiger partial charge in [0.25, 0.3) is 0 Å². The Morgan fingerprint density at radius 3 is 2.67 bits per heavy atom. The molecule has 3 rings (SSSR count). The third-order valence-electron chi connectivity index (χ3n) is 4.21. The number of hydrogen-bond acceptors (Lipinski definition) is 5. The van der Waals surface area contributed by atoms with Gasteiger partial charge in [0, 0.05) is 12.2 Å². The minimum Gasteiger partial charge on any atom is -0.478 e. The van der Waals surface area contributed by atoms with Crippen molar-refractivity contribution in [2.24, 2.45) is 0 Å². The predicted molar refractivity (Wildman–Crippen MR) is 77.5 cm³/mol. The van der Waals surface area contributed by atoms with Crippen LogP contribution in [0.5, 0.6) is 0 Å². The summed E-state index contributed by atoms with van der Waals surface area (Å²) in [5.41, 5.74) is 1.72. The molecule has 114 valence electrons. The largest absolute Gasteiger partial charge is 0.478 e. The summed E-state index contributed by atoms with van der Waals surface area (Å²) in [7, 11) is -3.23. The number of nitrogens with zero attached hydrogens (tertiary/aromatic N) is 1. The summed E-state index contributed by atoms with van der Waals surface area (Å²) in [4.78, 5) is 13.2. The topological polar surface area (TPSA) is 94.9 Å². The molecule has 1 fully saturated rings. The molecule has 0 amide bonds. The van der Waals surface area contributed by atoms with Crippen LogP contribution in [0, 0.1) is 0 Å². The quantitative estimate of drug-likeness (QED) is 0.815. The van der Waals surface area contributed by atoms with E-state index in [9.17, 15) is 23.4 Å². The molecule has 2 unspecified atom stereocenters. The maximum atomic E-state index is 11.7. The monoisotopic (exact) mass is 311 g/mol. The van der Waals surface area contributed by atoms with Crippen LogP contribution in [0.25, 0.3) is 0 Å². The second kappa shape index (κ2) is 4.99. The van der Waals surface area contributed by atoms with E-state index in [4.69, 9.17) is 0 Å². The first kappa shape index (κ1) is 14.3. The van der Waals surface area contributed by atoms with E-state index in [-0.39, 0.29) is 17.1 Å². The number of sulfone groups is 1. The van der Waals surface area contributed by atoms with Gasteiger partial charge in [0.1, 0.15) is 0 Å². The van der Waals surface area contributed by atoms with Gasteiger partial charge in [-0.3, -0.25) is 0 Å². The number of anilines is 1. The molecule has 2 heterocycles. The molecule has 0 bridgehead atoms. The van der Waals surface area contributed by atoms with Gasteiger partial charge in [0.2, 0.25) is 0 Å². The van der Waals surface area contributed by atoms with E-state index >= 15 is 0 Å². The van der Waals surface area contributed by atoms with Crippen molar-refractivity contribution in [1.82, 2.24) is 0 Å². The summed E-state index contributed by atoms with van der Waals surface area (Å²) in [5.74, 6) is -1.28. The molecular formula is C14H17NO5S. The van der Waals surface area contributed by atoms with Crippen molar-refractivity contribution in [3.63, 3.8) is 0 Å². The predicted octanol–water partition coefficient (Wildman–Crippen LogP) is 0.295. The minimum absolute atomic E-state index is 0.0785. The van der Waals surface area contributed by atoms with Gasteiger partial charge in [-0.2, -0.15) is 0 Å². The highest BCUT2D eigenvalue weighted by Crippen LogP contribution is 2.34. The summed E-state index contributed by atoms with van der Waals surface area (Å²) in [5, 5.41) is 19.3. The van der Waals surface area contributed by atoms with Crippen LogP contribution in [-0.2, 0) is 16.3 Å². The highest BCUT2D eigenvalue weighted by molar-refractivity contribution is 7.91. The molecule has 0 spiro atoms. The van der Waals surface area contributed by atoms with Crippen LogP contribution < -0.4 is 4.90 Å². The lowest BCUT2D eigenvalue weighted by Crippen LogP contribution is -2.46. The molecule has 2 aliphatic heterocycles. The molecule has 21 heavy (non-hydrogen) atoms. The molecule has 0 aromatic heterocycles. The molecule has 2 aliphatic rings. The molecule has 0 radical (unpaired) electrons. The average molecular weight is 311 g/mol. The first-order chi connectivity index (χ1) is 9.89. The summed E-state index contributed by atoms with van der Waals surface area (Å²) < 4.78 is 23.4. The third kappa shape index (κ3) is 2.51. The lowest BCUT2D eigenvalue weighted by atomic mass is 9.94. The summed E-state index contributed by atoms with van der Waals surface area (Å²) >= 11 is 0. The van der Waals surface area contributed by atoms with Crippen LogP contribution in [0.4, 0.5) is 5.69 Å². The first-order valence-electron chi connectivity index (χ1n) is 6.89. The average Bonchev–Trinajstić information content (AvgIpc) is 2.70. The van der Waals surface area contributed by atoms with Crippen molar-refractivity contribution in [2.75, 3.05) is 23.0 Å². The van der Waals surface area contributed by atoms with E-state index in [1.807, 2.05) is 4.90 Å². The number of fused-ring (bicyclic) bond motifs is 1. The van der Waals surface area contributed by atoms with Crippen LogP contribution in [0.2, 0.25) is 0 Å². The van der Waals surface area contributed by atoms with Crippen molar-refractivity contribution in [3.05, 3.63) is 29.3 Å². The third-order valence-corrected chi connectivity index (χ3v) is 5.91. The summed E-state index contributed by atoms with van der Waals surface area (Å²) in [6.07, 6.45) is 0.485. The van der Waals surface area contributed by atoms with Gasteiger partial charge in [-0.25, -0.2) is 13.2 Å².